The van der Waals surface area contributed by atoms with Crippen LogP contribution in [0.4, 0.5) is 0 Å². The van der Waals surface area contributed by atoms with E-state index in [1.807, 2.05) is 19.9 Å². The summed E-state index contributed by atoms with van der Waals surface area (Å²) in [5.41, 5.74) is 3.62. The topological polar surface area (TPSA) is 66.0 Å². The summed E-state index contributed by atoms with van der Waals surface area (Å²) in [5, 5.41) is 8.77. The Bertz CT molecular complexity index is 475. The normalized spacial score (nSPS) is 10.7. The molecular formula is C10H10N2O2. The van der Waals surface area contributed by atoms with Crippen LogP contribution in [0.3, 0.4) is 0 Å². The monoisotopic (exact) mass is 190 g/mol. The quantitative estimate of drug-likeness (QED) is 0.721. The molecule has 0 saturated carbocycles. The summed E-state index contributed by atoms with van der Waals surface area (Å²) >= 11 is 0. The number of rotatable bonds is 1. The molecule has 0 unspecified atom stereocenters. The van der Waals surface area contributed by atoms with Crippen molar-refractivity contribution in [3.63, 3.8) is 0 Å². The zero-order valence-electron chi connectivity index (χ0n) is 7.96. The summed E-state index contributed by atoms with van der Waals surface area (Å²) in [5.74, 6) is -0.960. The zero-order valence-corrected chi connectivity index (χ0v) is 7.96. The molecule has 14 heavy (non-hydrogen) atoms. The van der Waals surface area contributed by atoms with Crippen molar-refractivity contribution in [2.75, 3.05) is 0 Å². The summed E-state index contributed by atoms with van der Waals surface area (Å²) < 4.78 is 0. The summed E-state index contributed by atoms with van der Waals surface area (Å²) in [6.45, 7) is 3.85. The third-order valence-corrected chi connectivity index (χ3v) is 2.28. The highest BCUT2D eigenvalue weighted by Crippen LogP contribution is 2.16. The number of nitrogens with zero attached hydrogens (tertiary/aromatic N) is 1. The predicted molar refractivity (Wildman–Crippen MR) is 52.5 cm³/mol. The van der Waals surface area contributed by atoms with Crippen molar-refractivity contribution in [1.82, 2.24) is 9.97 Å². The molecule has 0 atom stereocenters. The standard InChI is InChI=1S/C10H10N2O2/c1-5-3-7-8(11-6(5)2)4-9(12-7)10(13)14/h3-4,12H,1-2H3,(H,13,14). The lowest BCUT2D eigenvalue weighted by Crippen LogP contribution is -1.94. The number of carbonyl (C=O) groups is 1. The minimum atomic E-state index is -0.960. The second-order valence-electron chi connectivity index (χ2n) is 3.31. The number of carboxylic acid groups (broad SMARTS) is 1. The Morgan fingerprint density at radius 2 is 2.14 bits per heavy atom. The molecule has 0 saturated heterocycles. The van der Waals surface area contributed by atoms with Gasteiger partial charge in [-0.1, -0.05) is 0 Å². The van der Waals surface area contributed by atoms with Crippen molar-refractivity contribution in [3.05, 3.63) is 29.1 Å². The molecule has 2 aromatic heterocycles. The van der Waals surface area contributed by atoms with E-state index in [2.05, 4.69) is 9.97 Å². The molecular weight excluding hydrogens is 180 g/mol. The molecule has 0 aliphatic carbocycles. The SMILES string of the molecule is Cc1cc2[nH]c(C(=O)O)cc2nc1C. The molecule has 72 valence electrons. The van der Waals surface area contributed by atoms with E-state index in [9.17, 15) is 4.79 Å². The molecule has 0 aliphatic heterocycles. The average Bonchev–Trinajstić information content (AvgIpc) is 2.48. The first kappa shape index (κ1) is 8.74. The lowest BCUT2D eigenvalue weighted by Gasteiger charge is -1.97. The minimum absolute atomic E-state index is 0.178. The van der Waals surface area contributed by atoms with Crippen LogP contribution in [0.15, 0.2) is 12.1 Å². The number of aromatic carboxylic acids is 1. The van der Waals surface area contributed by atoms with Crippen LogP contribution in [0, 0.1) is 13.8 Å². The molecule has 0 fully saturated rings. The summed E-state index contributed by atoms with van der Waals surface area (Å²) in [7, 11) is 0. The Hall–Kier alpha value is -1.84. The smallest absolute Gasteiger partial charge is 0.352 e. The van der Waals surface area contributed by atoms with E-state index in [0.29, 0.717) is 5.52 Å². The lowest BCUT2D eigenvalue weighted by molar-refractivity contribution is 0.0691. The molecule has 0 radical (unpaired) electrons. The highest BCUT2D eigenvalue weighted by Gasteiger charge is 2.08. The number of aryl methyl sites for hydroxylation is 2. The minimum Gasteiger partial charge on any atom is -0.477 e. The van der Waals surface area contributed by atoms with Gasteiger partial charge in [0.05, 0.1) is 11.0 Å². The fourth-order valence-corrected chi connectivity index (χ4v) is 1.37. The van der Waals surface area contributed by atoms with Crippen molar-refractivity contribution in [1.29, 1.82) is 0 Å². The van der Waals surface area contributed by atoms with Gasteiger partial charge in [0.1, 0.15) is 5.69 Å². The molecule has 4 heteroatoms. The number of carboxylic acids is 1. The molecule has 0 spiro atoms. The highest BCUT2D eigenvalue weighted by molar-refractivity contribution is 5.92. The van der Waals surface area contributed by atoms with E-state index in [1.165, 1.54) is 0 Å². The molecule has 0 aromatic carbocycles. The van der Waals surface area contributed by atoms with E-state index < -0.39 is 5.97 Å². The number of hydrogen-bond donors (Lipinski definition) is 2. The Morgan fingerprint density at radius 1 is 1.43 bits per heavy atom. The van der Waals surface area contributed by atoms with Gasteiger partial charge in [-0.15, -0.1) is 0 Å². The molecule has 2 aromatic rings. The molecule has 0 bridgehead atoms. The summed E-state index contributed by atoms with van der Waals surface area (Å²) in [6, 6.07) is 3.45. The third-order valence-electron chi connectivity index (χ3n) is 2.28. The van der Waals surface area contributed by atoms with Gasteiger partial charge in [-0.05, 0) is 31.5 Å². The van der Waals surface area contributed by atoms with Gasteiger partial charge >= 0.3 is 5.97 Å². The average molecular weight is 190 g/mol. The van der Waals surface area contributed by atoms with E-state index >= 15 is 0 Å². The molecule has 4 nitrogen and oxygen atoms in total. The molecule has 0 aliphatic rings. The van der Waals surface area contributed by atoms with Crippen LogP contribution in [0.1, 0.15) is 21.7 Å². The van der Waals surface area contributed by atoms with E-state index in [0.717, 1.165) is 16.8 Å². The van der Waals surface area contributed by atoms with Crippen molar-refractivity contribution < 1.29 is 9.90 Å². The Morgan fingerprint density at radius 3 is 2.79 bits per heavy atom. The maximum Gasteiger partial charge on any atom is 0.352 e. The fraction of sp³-hybridized carbons (Fsp3) is 0.200. The second-order valence-corrected chi connectivity index (χ2v) is 3.31. The number of aromatic nitrogens is 2. The maximum atomic E-state index is 10.7. The first-order valence-electron chi connectivity index (χ1n) is 4.28. The molecule has 0 amide bonds. The van der Waals surface area contributed by atoms with Gasteiger partial charge in [0.25, 0.3) is 0 Å². The molecule has 2 N–H and O–H groups in total. The number of nitrogens with one attached hydrogen (secondary N) is 1. The van der Waals surface area contributed by atoms with E-state index in [1.54, 1.807) is 6.07 Å². The van der Waals surface area contributed by atoms with Crippen LogP contribution in [-0.2, 0) is 0 Å². The zero-order chi connectivity index (χ0) is 10.3. The number of H-pyrrole nitrogens is 1. The van der Waals surface area contributed by atoms with Crippen LogP contribution >= 0.6 is 0 Å². The Kier molecular flexibility index (Phi) is 1.77. The van der Waals surface area contributed by atoms with Crippen LogP contribution in [0.2, 0.25) is 0 Å². The van der Waals surface area contributed by atoms with Crippen molar-refractivity contribution in [3.8, 4) is 0 Å². The highest BCUT2D eigenvalue weighted by atomic mass is 16.4. The van der Waals surface area contributed by atoms with Gasteiger partial charge < -0.3 is 10.1 Å². The maximum absolute atomic E-state index is 10.7. The van der Waals surface area contributed by atoms with Gasteiger partial charge in [0.15, 0.2) is 0 Å². The fourth-order valence-electron chi connectivity index (χ4n) is 1.37. The summed E-state index contributed by atoms with van der Waals surface area (Å²) in [4.78, 5) is 17.8. The van der Waals surface area contributed by atoms with E-state index in [-0.39, 0.29) is 5.69 Å². The van der Waals surface area contributed by atoms with Crippen LogP contribution < -0.4 is 0 Å². The van der Waals surface area contributed by atoms with Gasteiger partial charge in [0, 0.05) is 5.69 Å². The van der Waals surface area contributed by atoms with Crippen molar-refractivity contribution >= 4 is 17.0 Å². The third kappa shape index (κ3) is 1.25. The number of fused-ring (bicyclic) bond motifs is 1. The summed E-state index contributed by atoms with van der Waals surface area (Å²) in [6.07, 6.45) is 0. The van der Waals surface area contributed by atoms with Crippen LogP contribution in [-0.4, -0.2) is 21.0 Å². The van der Waals surface area contributed by atoms with Gasteiger partial charge in [-0.3, -0.25) is 4.98 Å². The Labute approximate surface area is 80.6 Å². The largest absolute Gasteiger partial charge is 0.477 e. The van der Waals surface area contributed by atoms with Crippen molar-refractivity contribution in [2.24, 2.45) is 0 Å². The second kappa shape index (κ2) is 2.83. The molecule has 2 rings (SSSR count). The first-order chi connectivity index (χ1) is 6.58. The van der Waals surface area contributed by atoms with Crippen LogP contribution in [0.25, 0.3) is 11.0 Å². The first-order valence-corrected chi connectivity index (χ1v) is 4.28. The van der Waals surface area contributed by atoms with E-state index in [4.69, 9.17) is 5.11 Å². The van der Waals surface area contributed by atoms with Crippen molar-refractivity contribution in [2.45, 2.75) is 13.8 Å². The molecule has 2 heterocycles. The van der Waals surface area contributed by atoms with Crippen LogP contribution in [0.5, 0.6) is 0 Å². The van der Waals surface area contributed by atoms with Gasteiger partial charge in [-0.25, -0.2) is 4.79 Å². The lowest BCUT2D eigenvalue weighted by atomic mass is 10.2. The number of pyridine rings is 1. The predicted octanol–water partition coefficient (Wildman–Crippen LogP) is 1.88. The number of hydrogen-bond acceptors (Lipinski definition) is 2. The van der Waals surface area contributed by atoms with Gasteiger partial charge in [-0.2, -0.15) is 0 Å². The van der Waals surface area contributed by atoms with Gasteiger partial charge in [0.2, 0.25) is 0 Å². The Balaban J connectivity index is 2.72. The number of aromatic amines is 1.